The number of aromatic nitrogens is 1. The highest BCUT2D eigenvalue weighted by Crippen LogP contribution is 2.13. The van der Waals surface area contributed by atoms with E-state index in [1.54, 1.807) is 18.4 Å². The highest BCUT2D eigenvalue weighted by atomic mass is 16.6. The molecule has 2 N–H and O–H groups in total. The van der Waals surface area contributed by atoms with Crippen LogP contribution >= 0.6 is 0 Å². The molecular weight excluding hydrogens is 262 g/mol. The fourth-order valence-electron chi connectivity index (χ4n) is 1.76. The molecule has 1 atom stereocenters. The largest absolute Gasteiger partial charge is 0.469 e. The fraction of sp³-hybridized carbons (Fsp3) is 0.308. The summed E-state index contributed by atoms with van der Waals surface area (Å²) >= 11 is 0. The van der Waals surface area contributed by atoms with Crippen molar-refractivity contribution in [3.05, 3.63) is 52.6 Å². The summed E-state index contributed by atoms with van der Waals surface area (Å²) in [6, 6.07) is 6.58. The van der Waals surface area contributed by atoms with Crippen LogP contribution in [0.25, 0.3) is 0 Å². The molecule has 2 aromatic heterocycles. The van der Waals surface area contributed by atoms with E-state index in [0.29, 0.717) is 18.8 Å². The first-order valence-corrected chi connectivity index (χ1v) is 6.16. The van der Waals surface area contributed by atoms with Crippen molar-refractivity contribution in [2.75, 3.05) is 18.5 Å². The maximum absolute atomic E-state index is 10.5. The van der Waals surface area contributed by atoms with Crippen LogP contribution in [-0.2, 0) is 6.42 Å². The Morgan fingerprint density at radius 1 is 1.45 bits per heavy atom. The van der Waals surface area contributed by atoms with Crippen molar-refractivity contribution in [1.82, 2.24) is 4.98 Å². The molecule has 0 saturated carbocycles. The second kappa shape index (κ2) is 6.67. The van der Waals surface area contributed by atoms with Crippen LogP contribution in [0, 0.1) is 16.0 Å². The SMILES string of the molecule is O=[N+]([O-])c1ccc(NC[C@H](CO)Cc2ccco2)nc1. The molecule has 7 nitrogen and oxygen atoms in total. The molecule has 0 aliphatic heterocycles. The lowest BCUT2D eigenvalue weighted by molar-refractivity contribution is -0.385. The number of pyridine rings is 1. The first-order valence-electron chi connectivity index (χ1n) is 6.16. The molecule has 0 radical (unpaired) electrons. The number of rotatable bonds is 7. The van der Waals surface area contributed by atoms with Gasteiger partial charge in [-0.05, 0) is 18.2 Å². The van der Waals surface area contributed by atoms with Crippen molar-refractivity contribution < 1.29 is 14.4 Å². The molecule has 0 aliphatic carbocycles. The number of nitrogens with one attached hydrogen (secondary N) is 1. The van der Waals surface area contributed by atoms with Crippen molar-refractivity contribution in [1.29, 1.82) is 0 Å². The zero-order chi connectivity index (χ0) is 14.4. The molecule has 0 unspecified atom stereocenters. The summed E-state index contributed by atoms with van der Waals surface area (Å²) in [5, 5.41) is 22.9. The van der Waals surface area contributed by atoms with Gasteiger partial charge in [0.1, 0.15) is 17.8 Å². The van der Waals surface area contributed by atoms with Crippen LogP contribution in [0.4, 0.5) is 11.5 Å². The highest BCUT2D eigenvalue weighted by Gasteiger charge is 2.11. The fourth-order valence-corrected chi connectivity index (χ4v) is 1.76. The van der Waals surface area contributed by atoms with Gasteiger partial charge in [-0.15, -0.1) is 0 Å². The molecule has 0 spiro atoms. The zero-order valence-corrected chi connectivity index (χ0v) is 10.7. The van der Waals surface area contributed by atoms with Crippen LogP contribution in [0.2, 0.25) is 0 Å². The van der Waals surface area contributed by atoms with Crippen LogP contribution in [-0.4, -0.2) is 28.2 Å². The van der Waals surface area contributed by atoms with Crippen LogP contribution in [0.5, 0.6) is 0 Å². The van der Waals surface area contributed by atoms with Crippen molar-refractivity contribution in [3.8, 4) is 0 Å². The van der Waals surface area contributed by atoms with Gasteiger partial charge < -0.3 is 14.8 Å². The topological polar surface area (TPSA) is 101 Å². The maximum Gasteiger partial charge on any atom is 0.287 e. The van der Waals surface area contributed by atoms with Gasteiger partial charge in [0.15, 0.2) is 0 Å². The first kappa shape index (κ1) is 14.0. The molecule has 20 heavy (non-hydrogen) atoms. The van der Waals surface area contributed by atoms with Crippen LogP contribution in [0.3, 0.4) is 0 Å². The quantitative estimate of drug-likeness (QED) is 0.591. The van der Waals surface area contributed by atoms with Gasteiger partial charge in [-0.2, -0.15) is 0 Å². The number of aliphatic hydroxyl groups is 1. The summed E-state index contributed by atoms with van der Waals surface area (Å²) in [5.41, 5.74) is -0.0511. The van der Waals surface area contributed by atoms with E-state index in [0.717, 1.165) is 5.76 Å². The molecule has 106 valence electrons. The summed E-state index contributed by atoms with van der Waals surface area (Å²) < 4.78 is 5.23. The minimum Gasteiger partial charge on any atom is -0.469 e. The van der Waals surface area contributed by atoms with Gasteiger partial charge in [-0.25, -0.2) is 4.98 Å². The molecule has 2 aromatic rings. The van der Waals surface area contributed by atoms with Gasteiger partial charge in [0, 0.05) is 31.6 Å². The third-order valence-electron chi connectivity index (χ3n) is 2.86. The molecule has 2 heterocycles. The number of nitrogens with zero attached hydrogens (tertiary/aromatic N) is 2. The maximum atomic E-state index is 10.5. The van der Waals surface area contributed by atoms with E-state index in [-0.39, 0.29) is 18.2 Å². The Morgan fingerprint density at radius 3 is 2.85 bits per heavy atom. The van der Waals surface area contributed by atoms with Gasteiger partial charge in [0.25, 0.3) is 5.69 Å². The Labute approximate surface area is 115 Å². The summed E-state index contributed by atoms with van der Waals surface area (Å²) in [6.07, 6.45) is 3.40. The number of furan rings is 1. The lowest BCUT2D eigenvalue weighted by atomic mass is 10.1. The average Bonchev–Trinajstić information content (AvgIpc) is 2.96. The second-order valence-corrected chi connectivity index (χ2v) is 4.37. The smallest absolute Gasteiger partial charge is 0.287 e. The van der Waals surface area contributed by atoms with E-state index in [1.807, 2.05) is 6.07 Å². The van der Waals surface area contributed by atoms with Gasteiger partial charge in [0.2, 0.25) is 0 Å². The Bertz CT molecular complexity index is 539. The summed E-state index contributed by atoms with van der Waals surface area (Å²) in [6.45, 7) is 0.517. The number of hydrogen-bond donors (Lipinski definition) is 2. The number of hydrogen-bond acceptors (Lipinski definition) is 6. The lowest BCUT2D eigenvalue weighted by Gasteiger charge is -2.14. The van der Waals surface area contributed by atoms with Crippen LogP contribution < -0.4 is 5.32 Å². The third-order valence-corrected chi connectivity index (χ3v) is 2.86. The van der Waals surface area contributed by atoms with E-state index in [2.05, 4.69) is 10.3 Å². The number of anilines is 1. The summed E-state index contributed by atoms with van der Waals surface area (Å²) in [5.74, 6) is 1.33. The minimum absolute atomic E-state index is 0.0146. The van der Waals surface area contributed by atoms with E-state index in [4.69, 9.17) is 4.42 Å². The Hall–Kier alpha value is -2.41. The van der Waals surface area contributed by atoms with Crippen molar-refractivity contribution in [2.45, 2.75) is 6.42 Å². The van der Waals surface area contributed by atoms with E-state index in [1.165, 1.54) is 12.3 Å². The van der Waals surface area contributed by atoms with Gasteiger partial charge in [0.05, 0.1) is 11.2 Å². The molecule has 0 amide bonds. The predicted octanol–water partition coefficient (Wildman–Crippen LogP) is 1.85. The number of nitro groups is 1. The Balaban J connectivity index is 1.87. The summed E-state index contributed by atoms with van der Waals surface area (Å²) in [7, 11) is 0. The molecule has 0 aliphatic rings. The molecule has 0 aromatic carbocycles. The second-order valence-electron chi connectivity index (χ2n) is 4.37. The van der Waals surface area contributed by atoms with E-state index >= 15 is 0 Å². The summed E-state index contributed by atoms with van der Waals surface area (Å²) in [4.78, 5) is 14.0. The van der Waals surface area contributed by atoms with Crippen molar-refractivity contribution >= 4 is 11.5 Å². The molecule has 0 bridgehead atoms. The first-order chi connectivity index (χ1) is 9.69. The average molecular weight is 277 g/mol. The van der Waals surface area contributed by atoms with Crippen molar-refractivity contribution in [3.63, 3.8) is 0 Å². The minimum atomic E-state index is -0.496. The van der Waals surface area contributed by atoms with Crippen molar-refractivity contribution in [2.24, 2.45) is 5.92 Å². The molecule has 7 heteroatoms. The lowest BCUT2D eigenvalue weighted by Crippen LogP contribution is -2.20. The molecule has 0 fully saturated rings. The molecule has 0 saturated heterocycles. The Morgan fingerprint density at radius 2 is 2.30 bits per heavy atom. The zero-order valence-electron chi connectivity index (χ0n) is 10.7. The van der Waals surface area contributed by atoms with Crippen LogP contribution in [0.1, 0.15) is 5.76 Å². The predicted molar refractivity (Wildman–Crippen MR) is 72.4 cm³/mol. The normalized spacial score (nSPS) is 12.1. The van der Waals surface area contributed by atoms with E-state index < -0.39 is 4.92 Å². The van der Waals surface area contributed by atoms with E-state index in [9.17, 15) is 15.2 Å². The van der Waals surface area contributed by atoms with Gasteiger partial charge >= 0.3 is 0 Å². The Kier molecular flexibility index (Phi) is 4.67. The number of aliphatic hydroxyl groups excluding tert-OH is 1. The highest BCUT2D eigenvalue weighted by molar-refractivity contribution is 5.40. The third kappa shape index (κ3) is 3.79. The van der Waals surface area contributed by atoms with Gasteiger partial charge in [-0.3, -0.25) is 10.1 Å². The standard InChI is InChI=1S/C13H15N3O4/c17-9-10(6-12-2-1-5-20-12)7-14-13-4-3-11(8-15-13)16(18)19/h1-5,8,10,17H,6-7,9H2,(H,14,15)/t10-/m1/s1. The van der Waals surface area contributed by atoms with Gasteiger partial charge in [-0.1, -0.05) is 0 Å². The molecule has 2 rings (SSSR count). The van der Waals surface area contributed by atoms with Crippen LogP contribution in [0.15, 0.2) is 41.1 Å². The molecular formula is C13H15N3O4. The monoisotopic (exact) mass is 277 g/mol.